The summed E-state index contributed by atoms with van der Waals surface area (Å²) in [6.45, 7) is 4.93. The van der Waals surface area contributed by atoms with Crippen molar-refractivity contribution in [2.24, 2.45) is 5.41 Å². The number of nitrogens with one attached hydrogen (secondary N) is 1. The topological polar surface area (TPSA) is 64.6 Å². The molecule has 0 saturated carbocycles. The van der Waals surface area contributed by atoms with Gasteiger partial charge in [-0.15, -0.1) is 0 Å². The lowest BCUT2D eigenvalue weighted by atomic mass is 9.87. The van der Waals surface area contributed by atoms with Crippen LogP contribution in [0.4, 0.5) is 0 Å². The molecule has 1 aromatic rings. The summed E-state index contributed by atoms with van der Waals surface area (Å²) >= 11 is 0. The zero-order valence-corrected chi connectivity index (χ0v) is 13.4. The standard InChI is InChI=1S/C17H24NO4/c1-17(2,13-20)16(12-19)18-9-11-22-15-6-4-14(5-7-15)8-10-21-3/h4-7,12,16,18H,8-11H2,1-3H3. The molecule has 22 heavy (non-hydrogen) atoms. The molecule has 0 aliphatic rings. The van der Waals surface area contributed by atoms with E-state index >= 15 is 0 Å². The fraction of sp³-hybridized carbons (Fsp3) is 0.529. The van der Waals surface area contributed by atoms with Crippen molar-refractivity contribution < 1.29 is 19.1 Å². The van der Waals surface area contributed by atoms with E-state index in [1.54, 1.807) is 21.0 Å². The summed E-state index contributed by atoms with van der Waals surface area (Å²) in [5.74, 6) is 0.770. The van der Waals surface area contributed by atoms with E-state index in [0.29, 0.717) is 19.8 Å². The SMILES string of the molecule is COCCc1ccc(OCCNC(C=O)C(C)(C)[C]=O)cc1. The molecule has 0 aliphatic heterocycles. The van der Waals surface area contributed by atoms with Crippen LogP contribution in [0.15, 0.2) is 24.3 Å². The quantitative estimate of drug-likeness (QED) is 0.496. The molecule has 0 fully saturated rings. The van der Waals surface area contributed by atoms with E-state index in [1.165, 1.54) is 5.56 Å². The van der Waals surface area contributed by atoms with Gasteiger partial charge < -0.3 is 19.6 Å². The molecule has 5 nitrogen and oxygen atoms in total. The average molecular weight is 306 g/mol. The van der Waals surface area contributed by atoms with Crippen molar-refractivity contribution in [3.63, 3.8) is 0 Å². The maximum absolute atomic E-state index is 11.0. The number of hydrogen-bond acceptors (Lipinski definition) is 5. The van der Waals surface area contributed by atoms with Crippen LogP contribution in [-0.2, 0) is 20.7 Å². The van der Waals surface area contributed by atoms with Gasteiger partial charge in [0.25, 0.3) is 0 Å². The Bertz CT molecular complexity index is 456. The third-order valence-corrected chi connectivity index (χ3v) is 3.43. The van der Waals surface area contributed by atoms with E-state index in [-0.39, 0.29) is 0 Å². The van der Waals surface area contributed by atoms with Gasteiger partial charge in [0.05, 0.1) is 18.1 Å². The summed E-state index contributed by atoms with van der Waals surface area (Å²) in [5, 5.41) is 3.00. The minimum absolute atomic E-state index is 0.413. The zero-order chi connectivity index (χ0) is 16.4. The number of carbonyl (C=O) groups excluding carboxylic acids is 2. The van der Waals surface area contributed by atoms with Crippen molar-refractivity contribution in [2.75, 3.05) is 26.9 Å². The van der Waals surface area contributed by atoms with Gasteiger partial charge in [-0.25, -0.2) is 0 Å². The van der Waals surface area contributed by atoms with Crippen molar-refractivity contribution in [2.45, 2.75) is 26.3 Å². The van der Waals surface area contributed by atoms with Gasteiger partial charge in [0.15, 0.2) is 0 Å². The van der Waals surface area contributed by atoms with Crippen LogP contribution in [-0.4, -0.2) is 45.5 Å². The van der Waals surface area contributed by atoms with Gasteiger partial charge in [-0.1, -0.05) is 26.0 Å². The van der Waals surface area contributed by atoms with Gasteiger partial charge in [-0.05, 0) is 24.1 Å². The highest BCUT2D eigenvalue weighted by molar-refractivity contribution is 5.71. The van der Waals surface area contributed by atoms with Crippen LogP contribution in [0.1, 0.15) is 19.4 Å². The lowest BCUT2D eigenvalue weighted by Gasteiger charge is -2.24. The summed E-state index contributed by atoms with van der Waals surface area (Å²) in [5.41, 5.74) is 0.349. The Hall–Kier alpha value is -1.72. The monoisotopic (exact) mass is 306 g/mol. The van der Waals surface area contributed by atoms with E-state index in [1.807, 2.05) is 30.6 Å². The maximum Gasteiger partial charge on any atom is 0.206 e. The number of methoxy groups -OCH3 is 1. The number of hydrogen-bond donors (Lipinski definition) is 1. The molecule has 0 saturated heterocycles. The molecule has 0 heterocycles. The van der Waals surface area contributed by atoms with Crippen molar-refractivity contribution in [3.8, 4) is 5.75 Å². The summed E-state index contributed by atoms with van der Waals surface area (Å²) < 4.78 is 10.6. The van der Waals surface area contributed by atoms with Crippen LogP contribution >= 0.6 is 0 Å². The molecular formula is C17H24NO4. The van der Waals surface area contributed by atoms with Crippen molar-refractivity contribution in [3.05, 3.63) is 29.8 Å². The number of benzene rings is 1. The van der Waals surface area contributed by atoms with Gasteiger partial charge in [0, 0.05) is 13.7 Å². The second-order valence-corrected chi connectivity index (χ2v) is 5.63. The molecule has 0 spiro atoms. The Balaban J connectivity index is 2.35. The average Bonchev–Trinajstić information content (AvgIpc) is 2.53. The molecular weight excluding hydrogens is 282 g/mol. The van der Waals surface area contributed by atoms with E-state index in [4.69, 9.17) is 9.47 Å². The van der Waals surface area contributed by atoms with E-state index in [9.17, 15) is 9.59 Å². The lowest BCUT2D eigenvalue weighted by molar-refractivity contribution is -0.111. The normalized spacial score (nSPS) is 12.7. The molecule has 0 aromatic heterocycles. The van der Waals surface area contributed by atoms with Crippen molar-refractivity contribution in [1.82, 2.24) is 5.32 Å². The molecule has 0 amide bonds. The summed E-state index contributed by atoms with van der Waals surface area (Å²) in [4.78, 5) is 21.8. The van der Waals surface area contributed by atoms with E-state index in [2.05, 4.69) is 5.32 Å². The highest BCUT2D eigenvalue weighted by Crippen LogP contribution is 2.16. The van der Waals surface area contributed by atoms with Gasteiger partial charge in [-0.3, -0.25) is 4.79 Å². The van der Waals surface area contributed by atoms with Crippen LogP contribution < -0.4 is 10.1 Å². The molecule has 1 N–H and O–H groups in total. The van der Waals surface area contributed by atoms with Crippen LogP contribution in [0.5, 0.6) is 5.75 Å². The number of carbonyl (C=O) groups is 1. The van der Waals surface area contributed by atoms with Crippen molar-refractivity contribution in [1.29, 1.82) is 0 Å². The minimum atomic E-state index is -0.843. The first-order chi connectivity index (χ1) is 10.5. The zero-order valence-electron chi connectivity index (χ0n) is 13.4. The first kappa shape index (κ1) is 18.3. The van der Waals surface area contributed by atoms with E-state index < -0.39 is 11.5 Å². The summed E-state index contributed by atoms with van der Waals surface area (Å²) in [6.07, 6.45) is 3.48. The molecule has 1 atom stereocenters. The molecule has 1 unspecified atom stereocenters. The van der Waals surface area contributed by atoms with Gasteiger partial charge >= 0.3 is 0 Å². The molecule has 1 radical (unpaired) electrons. The predicted molar refractivity (Wildman–Crippen MR) is 84.8 cm³/mol. The highest BCUT2D eigenvalue weighted by Gasteiger charge is 2.29. The lowest BCUT2D eigenvalue weighted by Crippen LogP contribution is -2.45. The van der Waals surface area contributed by atoms with Crippen LogP contribution in [0, 0.1) is 5.41 Å². The van der Waals surface area contributed by atoms with Crippen LogP contribution in [0.25, 0.3) is 0 Å². The summed E-state index contributed by atoms with van der Waals surface area (Å²) in [6, 6.07) is 7.25. The first-order valence-corrected chi connectivity index (χ1v) is 7.32. The number of rotatable bonds is 11. The van der Waals surface area contributed by atoms with Crippen molar-refractivity contribution >= 4 is 12.6 Å². The maximum atomic E-state index is 11.0. The third-order valence-electron chi connectivity index (χ3n) is 3.43. The molecule has 1 aromatic carbocycles. The Labute approximate surface area is 132 Å². The largest absolute Gasteiger partial charge is 0.492 e. The predicted octanol–water partition coefficient (Wildman–Crippen LogP) is 1.55. The Morgan fingerprint density at radius 3 is 2.50 bits per heavy atom. The highest BCUT2D eigenvalue weighted by atomic mass is 16.5. The fourth-order valence-electron chi connectivity index (χ4n) is 1.89. The van der Waals surface area contributed by atoms with Gasteiger partial charge in [0.2, 0.25) is 6.29 Å². The number of ether oxygens (including phenoxy) is 2. The van der Waals surface area contributed by atoms with Crippen LogP contribution in [0.2, 0.25) is 0 Å². The Kier molecular flexibility index (Phi) is 7.77. The Morgan fingerprint density at radius 2 is 1.95 bits per heavy atom. The third kappa shape index (κ3) is 5.95. The molecule has 1 rings (SSSR count). The second-order valence-electron chi connectivity index (χ2n) is 5.63. The molecule has 0 bridgehead atoms. The fourth-order valence-corrected chi connectivity index (χ4v) is 1.89. The first-order valence-electron chi connectivity index (χ1n) is 7.32. The molecule has 121 valence electrons. The van der Waals surface area contributed by atoms with Crippen LogP contribution in [0.3, 0.4) is 0 Å². The molecule has 5 heteroatoms. The Morgan fingerprint density at radius 1 is 1.27 bits per heavy atom. The number of aldehydes is 1. The second kappa shape index (κ2) is 9.33. The van der Waals surface area contributed by atoms with E-state index in [0.717, 1.165) is 18.5 Å². The van der Waals surface area contributed by atoms with Gasteiger partial charge in [0.1, 0.15) is 18.6 Å². The minimum Gasteiger partial charge on any atom is -0.492 e. The summed E-state index contributed by atoms with van der Waals surface area (Å²) in [7, 11) is 1.68. The molecule has 0 aliphatic carbocycles. The smallest absolute Gasteiger partial charge is 0.206 e. The van der Waals surface area contributed by atoms with Gasteiger partial charge in [-0.2, -0.15) is 0 Å².